The zero-order valence-electron chi connectivity index (χ0n) is 17.6. The van der Waals surface area contributed by atoms with Crippen molar-refractivity contribution in [2.45, 2.75) is 19.1 Å². The largest absolute Gasteiger partial charge is 0.497 e. The lowest BCUT2D eigenvalue weighted by molar-refractivity contribution is -0.00520. The van der Waals surface area contributed by atoms with Gasteiger partial charge < -0.3 is 28.0 Å². The molecule has 0 N–H and O–H groups in total. The van der Waals surface area contributed by atoms with Crippen LogP contribution in [-0.4, -0.2) is 51.5 Å². The standard InChI is InChI=1S/C23H20N4O5/c1-14-17(12-32-24-14)21(28)26-8-9-27-22(29)19-11-20-18(7-10-31-20)25(19)13-23(26,27)15-3-5-16(30-2)6-4-15/h3-7,10-12H,8-9,13H2,1-2H3. The van der Waals surface area contributed by atoms with Crippen molar-refractivity contribution in [1.82, 2.24) is 19.5 Å². The number of aryl methyl sites for hydroxylation is 1. The van der Waals surface area contributed by atoms with Gasteiger partial charge in [-0.25, -0.2) is 0 Å². The minimum atomic E-state index is -1.01. The van der Waals surface area contributed by atoms with Crippen LogP contribution in [0.25, 0.3) is 11.1 Å². The molecular formula is C23H20N4O5. The molecule has 1 aromatic carbocycles. The number of carbonyl (C=O) groups excluding carboxylic acids is 2. The van der Waals surface area contributed by atoms with Crippen molar-refractivity contribution < 1.29 is 23.3 Å². The van der Waals surface area contributed by atoms with Gasteiger partial charge in [-0.1, -0.05) is 17.3 Å². The molecule has 0 bridgehead atoms. The minimum Gasteiger partial charge on any atom is -0.497 e. The summed E-state index contributed by atoms with van der Waals surface area (Å²) in [6.07, 6.45) is 2.97. The Bertz CT molecular complexity index is 1360. The van der Waals surface area contributed by atoms with Crippen LogP contribution in [0.5, 0.6) is 5.75 Å². The molecule has 3 aromatic heterocycles. The third-order valence-corrected chi connectivity index (χ3v) is 6.58. The number of hydrogen-bond acceptors (Lipinski definition) is 6. The van der Waals surface area contributed by atoms with E-state index in [-0.39, 0.29) is 11.8 Å². The first-order chi connectivity index (χ1) is 15.5. The molecule has 2 amide bonds. The van der Waals surface area contributed by atoms with Crippen molar-refractivity contribution in [3.63, 3.8) is 0 Å². The zero-order chi connectivity index (χ0) is 22.0. The third-order valence-electron chi connectivity index (χ3n) is 6.58. The van der Waals surface area contributed by atoms with Gasteiger partial charge in [0.1, 0.15) is 23.3 Å². The quantitative estimate of drug-likeness (QED) is 0.494. The molecule has 5 heterocycles. The molecule has 4 aromatic rings. The highest BCUT2D eigenvalue weighted by molar-refractivity contribution is 6.01. The van der Waals surface area contributed by atoms with Crippen molar-refractivity contribution in [1.29, 1.82) is 0 Å². The van der Waals surface area contributed by atoms with Crippen LogP contribution in [0.15, 0.2) is 57.9 Å². The Hall–Kier alpha value is -4.01. The maximum Gasteiger partial charge on any atom is 0.272 e. The summed E-state index contributed by atoms with van der Waals surface area (Å²) in [5.74, 6) is 0.327. The van der Waals surface area contributed by atoms with E-state index in [0.717, 1.165) is 11.1 Å². The van der Waals surface area contributed by atoms with Crippen LogP contribution < -0.4 is 4.74 Å². The molecule has 32 heavy (non-hydrogen) atoms. The average molecular weight is 432 g/mol. The molecule has 9 heteroatoms. The first kappa shape index (κ1) is 18.7. The number of ether oxygens (including phenoxy) is 1. The second kappa shape index (κ2) is 6.49. The van der Waals surface area contributed by atoms with Crippen LogP contribution >= 0.6 is 0 Å². The van der Waals surface area contributed by atoms with Gasteiger partial charge in [0, 0.05) is 30.8 Å². The summed E-state index contributed by atoms with van der Waals surface area (Å²) in [4.78, 5) is 30.9. The number of methoxy groups -OCH3 is 1. The van der Waals surface area contributed by atoms with E-state index < -0.39 is 5.66 Å². The SMILES string of the molecule is COc1ccc(C23Cn4c(cc5occc54)C(=O)N2CCN3C(=O)c2conc2C)cc1. The van der Waals surface area contributed by atoms with Gasteiger partial charge in [0.15, 0.2) is 11.2 Å². The highest BCUT2D eigenvalue weighted by Gasteiger charge is 2.56. The van der Waals surface area contributed by atoms with Gasteiger partial charge in [0.05, 0.1) is 31.1 Å². The van der Waals surface area contributed by atoms with Crippen molar-refractivity contribution in [3.05, 3.63) is 71.4 Å². The molecule has 2 aliphatic heterocycles. The monoisotopic (exact) mass is 432 g/mol. The summed E-state index contributed by atoms with van der Waals surface area (Å²) in [6.45, 7) is 2.91. The Morgan fingerprint density at radius 2 is 2.00 bits per heavy atom. The lowest BCUT2D eigenvalue weighted by atomic mass is 9.93. The summed E-state index contributed by atoms with van der Waals surface area (Å²) in [5.41, 5.74) is 2.73. The molecule has 9 nitrogen and oxygen atoms in total. The summed E-state index contributed by atoms with van der Waals surface area (Å²) in [5, 5.41) is 3.87. The number of rotatable bonds is 3. The van der Waals surface area contributed by atoms with Gasteiger partial charge in [-0.3, -0.25) is 9.59 Å². The normalized spacial score (nSPS) is 20.0. The Kier molecular flexibility index (Phi) is 3.80. The average Bonchev–Trinajstić information content (AvgIpc) is 3.57. The molecule has 6 rings (SSSR count). The van der Waals surface area contributed by atoms with Gasteiger partial charge in [-0.15, -0.1) is 0 Å². The predicted octanol–water partition coefficient (Wildman–Crippen LogP) is 3.00. The lowest BCUT2D eigenvalue weighted by Crippen LogP contribution is -2.60. The van der Waals surface area contributed by atoms with Crippen LogP contribution in [-0.2, 0) is 12.2 Å². The summed E-state index contributed by atoms with van der Waals surface area (Å²) >= 11 is 0. The Morgan fingerprint density at radius 1 is 1.19 bits per heavy atom. The number of aromatic nitrogens is 2. The van der Waals surface area contributed by atoms with E-state index in [2.05, 4.69) is 5.16 Å². The number of benzene rings is 1. The topological polar surface area (TPSA) is 94.0 Å². The molecule has 1 atom stereocenters. The Labute approximate surface area is 182 Å². The van der Waals surface area contributed by atoms with Crippen molar-refractivity contribution in [2.75, 3.05) is 20.2 Å². The highest BCUT2D eigenvalue weighted by Crippen LogP contribution is 2.45. The van der Waals surface area contributed by atoms with Crippen molar-refractivity contribution >= 4 is 22.9 Å². The van der Waals surface area contributed by atoms with Gasteiger partial charge in [0.25, 0.3) is 11.8 Å². The highest BCUT2D eigenvalue weighted by atomic mass is 16.5. The predicted molar refractivity (Wildman–Crippen MR) is 112 cm³/mol. The van der Waals surface area contributed by atoms with Gasteiger partial charge in [-0.05, 0) is 19.1 Å². The molecule has 1 saturated heterocycles. The van der Waals surface area contributed by atoms with E-state index in [1.54, 1.807) is 36.2 Å². The van der Waals surface area contributed by atoms with Gasteiger partial charge in [-0.2, -0.15) is 0 Å². The second-order valence-electron chi connectivity index (χ2n) is 8.06. The van der Waals surface area contributed by atoms with Gasteiger partial charge in [0.2, 0.25) is 0 Å². The van der Waals surface area contributed by atoms with E-state index >= 15 is 0 Å². The number of carbonyl (C=O) groups is 2. The first-order valence-electron chi connectivity index (χ1n) is 10.3. The summed E-state index contributed by atoms with van der Waals surface area (Å²) < 4.78 is 17.8. The number of hydrogen-bond donors (Lipinski definition) is 0. The fraction of sp³-hybridized carbons (Fsp3) is 0.261. The van der Waals surface area contributed by atoms with Gasteiger partial charge >= 0.3 is 0 Å². The molecule has 0 spiro atoms. The molecule has 1 unspecified atom stereocenters. The molecule has 0 radical (unpaired) electrons. The van der Waals surface area contributed by atoms with Crippen LogP contribution in [0.2, 0.25) is 0 Å². The van der Waals surface area contributed by atoms with E-state index in [4.69, 9.17) is 13.7 Å². The maximum atomic E-state index is 13.7. The molecule has 2 aliphatic rings. The molecule has 162 valence electrons. The summed E-state index contributed by atoms with van der Waals surface area (Å²) in [6, 6.07) is 11.1. The fourth-order valence-corrected chi connectivity index (χ4v) is 5.01. The minimum absolute atomic E-state index is 0.143. The fourth-order valence-electron chi connectivity index (χ4n) is 5.01. The third kappa shape index (κ3) is 2.30. The first-order valence-corrected chi connectivity index (χ1v) is 10.3. The smallest absolute Gasteiger partial charge is 0.272 e. The second-order valence-corrected chi connectivity index (χ2v) is 8.06. The lowest BCUT2D eigenvalue weighted by Gasteiger charge is -2.47. The van der Waals surface area contributed by atoms with Crippen LogP contribution in [0.1, 0.15) is 32.1 Å². The number of fused-ring (bicyclic) bond motifs is 4. The van der Waals surface area contributed by atoms with Crippen molar-refractivity contribution in [2.24, 2.45) is 0 Å². The molecule has 0 saturated carbocycles. The molecule has 0 aliphatic carbocycles. The molecule has 1 fully saturated rings. The molecular weight excluding hydrogens is 412 g/mol. The van der Waals surface area contributed by atoms with E-state index in [9.17, 15) is 9.59 Å². The number of nitrogens with zero attached hydrogens (tertiary/aromatic N) is 4. The van der Waals surface area contributed by atoms with Crippen LogP contribution in [0.3, 0.4) is 0 Å². The van der Waals surface area contributed by atoms with Crippen molar-refractivity contribution in [3.8, 4) is 5.75 Å². The van der Waals surface area contributed by atoms with Crippen LogP contribution in [0, 0.1) is 6.92 Å². The number of amides is 2. The Morgan fingerprint density at radius 3 is 2.72 bits per heavy atom. The van der Waals surface area contributed by atoms with E-state index in [1.807, 2.05) is 34.9 Å². The summed E-state index contributed by atoms with van der Waals surface area (Å²) in [7, 11) is 1.60. The Balaban J connectivity index is 1.57. The van der Waals surface area contributed by atoms with E-state index in [1.165, 1.54) is 6.26 Å². The zero-order valence-corrected chi connectivity index (χ0v) is 17.6. The van der Waals surface area contributed by atoms with E-state index in [0.29, 0.717) is 47.9 Å². The maximum absolute atomic E-state index is 13.7. The van der Waals surface area contributed by atoms with Crippen LogP contribution in [0.4, 0.5) is 0 Å². The number of furan rings is 1.